The summed E-state index contributed by atoms with van der Waals surface area (Å²) in [6, 6.07) is 4.22. The van der Waals surface area contributed by atoms with Gasteiger partial charge in [0.25, 0.3) is 5.89 Å². The van der Waals surface area contributed by atoms with Gasteiger partial charge in [0.2, 0.25) is 0 Å². The zero-order valence-electron chi connectivity index (χ0n) is 10.3. The number of hydrogen-bond acceptors (Lipinski definition) is 5. The molecule has 1 aliphatic carbocycles. The molecule has 0 unspecified atom stereocenters. The number of aromatic nitrogens is 3. The minimum atomic E-state index is 0.370. The first kappa shape index (κ1) is 11.3. The van der Waals surface area contributed by atoms with Crippen LogP contribution in [-0.2, 0) is 0 Å². The fourth-order valence-electron chi connectivity index (χ4n) is 2.61. The van der Waals surface area contributed by atoms with Crippen LogP contribution in [-0.4, -0.2) is 28.2 Å². The molecule has 2 aromatic rings. The van der Waals surface area contributed by atoms with Gasteiger partial charge in [-0.3, -0.25) is 4.98 Å². The van der Waals surface area contributed by atoms with Gasteiger partial charge in [0.1, 0.15) is 0 Å². The summed E-state index contributed by atoms with van der Waals surface area (Å²) >= 11 is 0. The van der Waals surface area contributed by atoms with Crippen LogP contribution >= 0.6 is 0 Å². The molecular weight excluding hydrogens is 228 g/mol. The summed E-state index contributed by atoms with van der Waals surface area (Å²) in [5.41, 5.74) is 0.919. The van der Waals surface area contributed by atoms with Gasteiger partial charge in [0, 0.05) is 29.9 Å². The molecule has 2 aromatic heterocycles. The fraction of sp³-hybridized carbons (Fsp3) is 0.462. The van der Waals surface area contributed by atoms with Crippen LogP contribution in [0.15, 0.2) is 29.0 Å². The van der Waals surface area contributed by atoms with E-state index >= 15 is 0 Å². The Bertz CT molecular complexity index is 511. The molecule has 1 aliphatic rings. The summed E-state index contributed by atoms with van der Waals surface area (Å²) in [6.07, 6.45) is 6.98. The molecule has 1 saturated carbocycles. The van der Waals surface area contributed by atoms with Gasteiger partial charge in [0.15, 0.2) is 5.82 Å². The van der Waals surface area contributed by atoms with Crippen LogP contribution < -0.4 is 5.32 Å². The molecule has 5 heteroatoms. The van der Waals surface area contributed by atoms with Gasteiger partial charge in [-0.1, -0.05) is 11.6 Å². The molecule has 0 bridgehead atoms. The maximum absolute atomic E-state index is 5.34. The highest BCUT2D eigenvalue weighted by molar-refractivity contribution is 5.51. The maximum Gasteiger partial charge on any atom is 0.258 e. The molecule has 0 amide bonds. The summed E-state index contributed by atoms with van der Waals surface area (Å²) in [7, 11) is 1.99. The molecule has 2 heterocycles. The molecule has 5 nitrogen and oxygen atoms in total. The molecule has 1 N–H and O–H groups in total. The minimum absolute atomic E-state index is 0.370. The molecule has 0 spiro atoms. The Hall–Kier alpha value is -1.75. The Morgan fingerprint density at radius 3 is 2.89 bits per heavy atom. The maximum atomic E-state index is 5.34. The predicted molar refractivity (Wildman–Crippen MR) is 67.0 cm³/mol. The van der Waals surface area contributed by atoms with E-state index < -0.39 is 0 Å². The summed E-state index contributed by atoms with van der Waals surface area (Å²) in [4.78, 5) is 8.50. The van der Waals surface area contributed by atoms with Crippen molar-refractivity contribution < 1.29 is 4.52 Å². The van der Waals surface area contributed by atoms with Gasteiger partial charge in [0.05, 0.1) is 0 Å². The Balaban J connectivity index is 1.86. The lowest BCUT2D eigenvalue weighted by molar-refractivity contribution is 0.405. The highest BCUT2D eigenvalue weighted by atomic mass is 16.5. The molecule has 0 aliphatic heterocycles. The lowest BCUT2D eigenvalue weighted by Gasteiger charge is -2.14. The van der Waals surface area contributed by atoms with E-state index in [2.05, 4.69) is 20.4 Å². The molecule has 2 atom stereocenters. The molecule has 0 aromatic carbocycles. The third kappa shape index (κ3) is 2.01. The van der Waals surface area contributed by atoms with Crippen molar-refractivity contribution in [2.75, 3.05) is 7.05 Å². The normalized spacial score (nSPS) is 23.4. The number of nitrogens with one attached hydrogen (secondary N) is 1. The van der Waals surface area contributed by atoms with E-state index in [0.717, 1.165) is 17.8 Å². The highest BCUT2D eigenvalue weighted by Gasteiger charge is 2.31. The van der Waals surface area contributed by atoms with Gasteiger partial charge in [-0.25, -0.2) is 0 Å². The molecule has 0 saturated heterocycles. The second kappa shape index (κ2) is 4.86. The third-order valence-electron chi connectivity index (χ3n) is 3.59. The van der Waals surface area contributed by atoms with Crippen molar-refractivity contribution in [3.63, 3.8) is 0 Å². The van der Waals surface area contributed by atoms with E-state index in [0.29, 0.717) is 17.9 Å². The van der Waals surface area contributed by atoms with E-state index in [1.54, 1.807) is 12.4 Å². The summed E-state index contributed by atoms with van der Waals surface area (Å²) in [5, 5.41) is 7.46. The third-order valence-corrected chi connectivity index (χ3v) is 3.59. The van der Waals surface area contributed by atoms with Crippen molar-refractivity contribution in [2.45, 2.75) is 31.2 Å². The van der Waals surface area contributed by atoms with Crippen molar-refractivity contribution in [3.05, 3.63) is 30.4 Å². The summed E-state index contributed by atoms with van der Waals surface area (Å²) < 4.78 is 5.34. The highest BCUT2D eigenvalue weighted by Crippen LogP contribution is 2.33. The Morgan fingerprint density at radius 2 is 2.11 bits per heavy atom. The lowest BCUT2D eigenvalue weighted by Crippen LogP contribution is -2.28. The average Bonchev–Trinajstić information content (AvgIpc) is 3.08. The van der Waals surface area contributed by atoms with Crippen LogP contribution in [0.1, 0.15) is 31.0 Å². The summed E-state index contributed by atoms with van der Waals surface area (Å²) in [6.45, 7) is 0. The van der Waals surface area contributed by atoms with E-state index in [1.165, 1.54) is 12.8 Å². The van der Waals surface area contributed by atoms with Crippen LogP contribution in [0.2, 0.25) is 0 Å². The van der Waals surface area contributed by atoms with Crippen molar-refractivity contribution in [1.82, 2.24) is 20.4 Å². The van der Waals surface area contributed by atoms with E-state index in [1.807, 2.05) is 19.2 Å². The Kier molecular flexibility index (Phi) is 3.06. The first-order chi connectivity index (χ1) is 8.88. The van der Waals surface area contributed by atoms with E-state index in [9.17, 15) is 0 Å². The fourth-order valence-corrected chi connectivity index (χ4v) is 2.61. The molecule has 94 valence electrons. The number of likely N-dealkylation sites (N-methyl/N-ethyl adjacent to an activating group) is 1. The van der Waals surface area contributed by atoms with Crippen molar-refractivity contribution in [2.24, 2.45) is 0 Å². The van der Waals surface area contributed by atoms with Crippen LogP contribution in [0.25, 0.3) is 11.5 Å². The standard InChI is InChI=1S/C13H16N4O/c1-14-11-4-2-3-10(11)12-16-13(18-17-12)9-5-7-15-8-6-9/h5-8,10-11,14H,2-4H2,1H3/t10-,11+/m0/s1. The zero-order chi connectivity index (χ0) is 12.4. The second-order valence-electron chi connectivity index (χ2n) is 4.63. The topological polar surface area (TPSA) is 63.8 Å². The van der Waals surface area contributed by atoms with Crippen LogP contribution in [0.5, 0.6) is 0 Å². The molecule has 0 radical (unpaired) electrons. The Morgan fingerprint density at radius 1 is 1.28 bits per heavy atom. The second-order valence-corrected chi connectivity index (χ2v) is 4.63. The van der Waals surface area contributed by atoms with Gasteiger partial charge in [-0.05, 0) is 32.0 Å². The molecule has 1 fully saturated rings. The average molecular weight is 244 g/mol. The molecular formula is C13H16N4O. The number of hydrogen-bond donors (Lipinski definition) is 1. The van der Waals surface area contributed by atoms with Crippen molar-refractivity contribution in [3.8, 4) is 11.5 Å². The summed E-state index contributed by atoms with van der Waals surface area (Å²) in [5.74, 6) is 1.77. The number of pyridine rings is 1. The van der Waals surface area contributed by atoms with Gasteiger partial charge >= 0.3 is 0 Å². The predicted octanol–water partition coefficient (Wildman–Crippen LogP) is 1.99. The first-order valence-electron chi connectivity index (χ1n) is 6.30. The van der Waals surface area contributed by atoms with Crippen LogP contribution in [0.3, 0.4) is 0 Å². The quantitative estimate of drug-likeness (QED) is 0.894. The van der Waals surface area contributed by atoms with Crippen molar-refractivity contribution >= 4 is 0 Å². The number of nitrogens with zero attached hydrogens (tertiary/aromatic N) is 3. The first-order valence-corrected chi connectivity index (χ1v) is 6.30. The van der Waals surface area contributed by atoms with Gasteiger partial charge < -0.3 is 9.84 Å². The molecule has 18 heavy (non-hydrogen) atoms. The van der Waals surface area contributed by atoms with Crippen LogP contribution in [0, 0.1) is 0 Å². The lowest BCUT2D eigenvalue weighted by atomic mass is 10.0. The minimum Gasteiger partial charge on any atom is -0.334 e. The Labute approximate surface area is 106 Å². The largest absolute Gasteiger partial charge is 0.334 e. The molecule has 3 rings (SSSR count). The SMILES string of the molecule is CN[C@@H]1CCC[C@@H]1c1noc(-c2ccncc2)n1. The smallest absolute Gasteiger partial charge is 0.258 e. The zero-order valence-corrected chi connectivity index (χ0v) is 10.3. The monoisotopic (exact) mass is 244 g/mol. The van der Waals surface area contributed by atoms with Crippen molar-refractivity contribution in [1.29, 1.82) is 0 Å². The van der Waals surface area contributed by atoms with E-state index in [4.69, 9.17) is 4.52 Å². The van der Waals surface area contributed by atoms with Gasteiger partial charge in [-0.15, -0.1) is 0 Å². The number of rotatable bonds is 3. The van der Waals surface area contributed by atoms with Gasteiger partial charge in [-0.2, -0.15) is 4.98 Å². The van der Waals surface area contributed by atoms with Crippen LogP contribution in [0.4, 0.5) is 0 Å². The van der Waals surface area contributed by atoms with E-state index in [-0.39, 0.29) is 0 Å².